The number of carbonyl (C=O) groups is 1. The van der Waals surface area contributed by atoms with E-state index in [1.54, 1.807) is 35.4 Å². The average molecular weight is 594 g/mol. The van der Waals surface area contributed by atoms with Gasteiger partial charge in [-0.2, -0.15) is 18.3 Å². The zero-order chi connectivity index (χ0) is 30.5. The Morgan fingerprint density at radius 1 is 1.16 bits per heavy atom. The molecule has 0 unspecified atom stereocenters. The summed E-state index contributed by atoms with van der Waals surface area (Å²) in [6, 6.07) is 13.5. The fourth-order valence-corrected chi connectivity index (χ4v) is 5.95. The number of carbonyl (C=O) groups excluding carboxylic acids is 1. The van der Waals surface area contributed by atoms with E-state index in [0.717, 1.165) is 17.0 Å². The van der Waals surface area contributed by atoms with Crippen molar-refractivity contribution >= 4 is 22.3 Å². The van der Waals surface area contributed by atoms with Crippen molar-refractivity contribution in [2.45, 2.75) is 32.1 Å². The molecule has 12 heteroatoms. The molecule has 0 bridgehead atoms. The molecule has 2 aromatic carbocycles. The van der Waals surface area contributed by atoms with Crippen LogP contribution in [0.4, 0.5) is 13.2 Å². The number of halogens is 3. The Kier molecular flexibility index (Phi) is 7.35. The second kappa shape index (κ2) is 11.0. The second-order valence-corrected chi connectivity index (χ2v) is 10.7. The van der Waals surface area contributed by atoms with E-state index in [1.165, 1.54) is 14.0 Å². The van der Waals surface area contributed by atoms with Gasteiger partial charge in [-0.1, -0.05) is 24.3 Å². The normalized spacial score (nSPS) is 17.1. The predicted molar refractivity (Wildman–Crippen MR) is 153 cm³/mol. The number of aliphatic hydroxyl groups excluding tert-OH is 1. The van der Waals surface area contributed by atoms with Crippen molar-refractivity contribution in [3.05, 3.63) is 83.6 Å². The van der Waals surface area contributed by atoms with Crippen molar-refractivity contribution in [1.82, 2.24) is 24.4 Å². The zero-order valence-electron chi connectivity index (χ0n) is 23.8. The minimum Gasteiger partial charge on any atom is -0.497 e. The SMILES string of the molecule is COc1ccc(-c2nc3c(C(=O)N4CCN([C@H](CO)c5occ6ccccc56)C[C@H]4C)cnn3c(C(F)(F)F)c2C)cc1. The van der Waals surface area contributed by atoms with Crippen LogP contribution in [-0.4, -0.2) is 74.8 Å². The maximum Gasteiger partial charge on any atom is 0.433 e. The van der Waals surface area contributed by atoms with Crippen molar-refractivity contribution in [2.75, 3.05) is 33.4 Å². The van der Waals surface area contributed by atoms with E-state index in [4.69, 9.17) is 9.15 Å². The largest absolute Gasteiger partial charge is 0.497 e. The number of furan rings is 1. The Morgan fingerprint density at radius 2 is 1.91 bits per heavy atom. The highest BCUT2D eigenvalue weighted by Crippen LogP contribution is 2.37. The molecule has 5 aromatic rings. The third kappa shape index (κ3) is 5.00. The van der Waals surface area contributed by atoms with E-state index in [-0.39, 0.29) is 41.7 Å². The van der Waals surface area contributed by atoms with Crippen LogP contribution in [0.3, 0.4) is 0 Å². The maximum absolute atomic E-state index is 14.3. The topological polar surface area (TPSA) is 96.3 Å². The average Bonchev–Trinajstić information content (AvgIpc) is 3.61. The van der Waals surface area contributed by atoms with E-state index in [2.05, 4.69) is 15.0 Å². The number of alkyl halides is 3. The highest BCUT2D eigenvalue weighted by atomic mass is 19.4. The molecule has 43 heavy (non-hydrogen) atoms. The van der Waals surface area contributed by atoms with Crippen molar-refractivity contribution in [2.24, 2.45) is 0 Å². The van der Waals surface area contributed by atoms with Gasteiger partial charge in [0.2, 0.25) is 0 Å². The first-order valence-electron chi connectivity index (χ1n) is 13.8. The van der Waals surface area contributed by atoms with Gasteiger partial charge in [0.25, 0.3) is 5.91 Å². The highest BCUT2D eigenvalue weighted by molar-refractivity contribution is 6.00. The molecule has 3 aromatic heterocycles. The van der Waals surface area contributed by atoms with Crippen molar-refractivity contribution in [3.63, 3.8) is 0 Å². The molecular weight excluding hydrogens is 563 g/mol. The summed E-state index contributed by atoms with van der Waals surface area (Å²) in [5.74, 6) is 0.741. The number of amides is 1. The van der Waals surface area contributed by atoms with Crippen LogP contribution in [0.1, 0.15) is 40.3 Å². The Morgan fingerprint density at radius 3 is 2.58 bits per heavy atom. The molecule has 1 aliphatic rings. The van der Waals surface area contributed by atoms with Gasteiger partial charge in [-0.15, -0.1) is 0 Å². The van der Waals surface area contributed by atoms with Crippen molar-refractivity contribution in [1.29, 1.82) is 0 Å². The van der Waals surface area contributed by atoms with Gasteiger partial charge in [0.15, 0.2) is 11.3 Å². The highest BCUT2D eigenvalue weighted by Gasteiger charge is 2.40. The van der Waals surface area contributed by atoms with Crippen LogP contribution < -0.4 is 4.74 Å². The summed E-state index contributed by atoms with van der Waals surface area (Å²) in [5.41, 5.74) is -0.721. The molecule has 1 N–H and O–H groups in total. The molecule has 2 atom stereocenters. The summed E-state index contributed by atoms with van der Waals surface area (Å²) < 4.78 is 54.8. The van der Waals surface area contributed by atoms with E-state index in [9.17, 15) is 23.1 Å². The minimum absolute atomic E-state index is 0.0173. The van der Waals surface area contributed by atoms with E-state index < -0.39 is 23.8 Å². The molecule has 0 radical (unpaired) electrons. The summed E-state index contributed by atoms with van der Waals surface area (Å²) in [6.07, 6.45) is -1.93. The Balaban J connectivity index is 1.32. The summed E-state index contributed by atoms with van der Waals surface area (Å²) >= 11 is 0. The number of aliphatic hydroxyl groups is 1. The number of hydrogen-bond donors (Lipinski definition) is 1. The number of benzene rings is 2. The van der Waals surface area contributed by atoms with Gasteiger partial charge in [0, 0.05) is 47.6 Å². The van der Waals surface area contributed by atoms with Gasteiger partial charge in [-0.05, 0) is 38.1 Å². The van der Waals surface area contributed by atoms with Gasteiger partial charge in [-0.25, -0.2) is 9.50 Å². The molecule has 1 aliphatic heterocycles. The molecule has 1 saturated heterocycles. The lowest BCUT2D eigenvalue weighted by molar-refractivity contribution is -0.143. The molecular formula is C31H30F3N5O4. The zero-order valence-corrected chi connectivity index (χ0v) is 23.8. The van der Waals surface area contributed by atoms with Crippen molar-refractivity contribution in [3.8, 4) is 17.0 Å². The van der Waals surface area contributed by atoms with Crippen LogP contribution in [0.5, 0.6) is 5.75 Å². The number of methoxy groups -OCH3 is 1. The molecule has 9 nitrogen and oxygen atoms in total. The third-order valence-electron chi connectivity index (χ3n) is 8.12. The predicted octanol–water partition coefficient (Wildman–Crippen LogP) is 5.36. The molecule has 0 saturated carbocycles. The maximum atomic E-state index is 14.3. The van der Waals surface area contributed by atoms with Crippen LogP contribution >= 0.6 is 0 Å². The van der Waals surface area contributed by atoms with Crippen LogP contribution in [-0.2, 0) is 6.18 Å². The number of fused-ring (bicyclic) bond motifs is 2. The molecule has 0 aliphatic carbocycles. The minimum atomic E-state index is -4.74. The van der Waals surface area contributed by atoms with Crippen LogP contribution in [0.2, 0.25) is 0 Å². The monoisotopic (exact) mass is 593 g/mol. The van der Waals surface area contributed by atoms with Gasteiger partial charge in [0.05, 0.1) is 37.9 Å². The van der Waals surface area contributed by atoms with Crippen LogP contribution in [0.25, 0.3) is 27.7 Å². The summed E-state index contributed by atoms with van der Waals surface area (Å²) in [5, 5.41) is 16.1. The van der Waals surface area contributed by atoms with Gasteiger partial charge in [-0.3, -0.25) is 9.69 Å². The second-order valence-electron chi connectivity index (χ2n) is 10.7. The molecule has 1 amide bonds. The quantitative estimate of drug-likeness (QED) is 0.283. The van der Waals surface area contributed by atoms with Gasteiger partial charge < -0.3 is 19.2 Å². The number of rotatable bonds is 6. The first kappa shape index (κ1) is 28.7. The molecule has 6 rings (SSSR count). The number of piperazine rings is 1. The Hall–Kier alpha value is -4.42. The summed E-state index contributed by atoms with van der Waals surface area (Å²) in [7, 11) is 1.50. The van der Waals surface area contributed by atoms with E-state index in [0.29, 0.717) is 34.7 Å². The fourth-order valence-electron chi connectivity index (χ4n) is 5.95. The molecule has 1 fully saturated rings. The van der Waals surface area contributed by atoms with Gasteiger partial charge in [0.1, 0.15) is 17.1 Å². The smallest absolute Gasteiger partial charge is 0.433 e. The molecule has 0 spiro atoms. The lowest BCUT2D eigenvalue weighted by Gasteiger charge is -2.42. The standard InChI is InChI=1S/C31H30F3N5O4/c1-18-15-37(25(16-40)27-23-7-5-4-6-21(23)17-43-27)12-13-38(18)30(41)24-14-35-39-28(31(32,33)34)19(2)26(36-29(24)39)20-8-10-22(42-3)11-9-20/h4-11,14,17-18,25,40H,12-13,15-16H2,1-3H3/t18-,25-/m1/s1. The molecule has 224 valence electrons. The first-order chi connectivity index (χ1) is 20.6. The lowest BCUT2D eigenvalue weighted by Crippen LogP contribution is -2.55. The number of hydrogen-bond acceptors (Lipinski definition) is 7. The number of nitrogens with zero attached hydrogens (tertiary/aromatic N) is 5. The van der Waals surface area contributed by atoms with Gasteiger partial charge >= 0.3 is 6.18 Å². The Labute approximate surface area is 245 Å². The fraction of sp³-hybridized carbons (Fsp3) is 0.323. The lowest BCUT2D eigenvalue weighted by atomic mass is 10.0. The summed E-state index contributed by atoms with van der Waals surface area (Å²) in [4.78, 5) is 22.1. The Bertz CT molecular complexity index is 1800. The molecule has 4 heterocycles. The number of aromatic nitrogens is 3. The first-order valence-corrected chi connectivity index (χ1v) is 13.8. The summed E-state index contributed by atoms with van der Waals surface area (Å²) in [6.45, 7) is 4.17. The van der Waals surface area contributed by atoms with E-state index >= 15 is 0 Å². The van der Waals surface area contributed by atoms with Crippen LogP contribution in [0.15, 0.2) is 65.4 Å². The number of ether oxygens (including phenoxy) is 1. The third-order valence-corrected chi connectivity index (χ3v) is 8.12. The van der Waals surface area contributed by atoms with Crippen molar-refractivity contribution < 1.29 is 32.2 Å². The van der Waals surface area contributed by atoms with E-state index in [1.807, 2.05) is 31.2 Å². The van der Waals surface area contributed by atoms with Crippen LogP contribution in [0, 0.1) is 6.92 Å².